The first kappa shape index (κ1) is 19.2. The maximum absolute atomic E-state index is 12.2. The number of alkyl halides is 3. The molecule has 8 heteroatoms. The second kappa shape index (κ2) is 7.99. The monoisotopic (exact) mass is 388 g/mol. The maximum Gasteiger partial charge on any atom is 0.573 e. The van der Waals surface area contributed by atoms with Crippen LogP contribution >= 0.6 is 0 Å². The van der Waals surface area contributed by atoms with Crippen molar-refractivity contribution in [1.29, 1.82) is 0 Å². The molecule has 28 heavy (non-hydrogen) atoms. The van der Waals surface area contributed by atoms with Crippen LogP contribution in [0.2, 0.25) is 0 Å². The minimum atomic E-state index is -4.73. The van der Waals surface area contributed by atoms with Gasteiger partial charge in [-0.2, -0.15) is 0 Å². The lowest BCUT2D eigenvalue weighted by Crippen LogP contribution is -2.16. The summed E-state index contributed by atoms with van der Waals surface area (Å²) in [5.41, 5.74) is 2.36. The average Bonchev–Trinajstić information content (AvgIpc) is 2.67. The number of ether oxygens (including phenoxy) is 2. The Morgan fingerprint density at radius 2 is 1.64 bits per heavy atom. The lowest BCUT2D eigenvalue weighted by molar-refractivity contribution is -0.274. The van der Waals surface area contributed by atoms with E-state index in [4.69, 9.17) is 0 Å². The summed E-state index contributed by atoms with van der Waals surface area (Å²) in [6.45, 7) is 0. The van der Waals surface area contributed by atoms with Crippen molar-refractivity contribution in [2.75, 3.05) is 12.4 Å². The molecule has 0 saturated carbocycles. The fourth-order valence-electron chi connectivity index (χ4n) is 2.45. The van der Waals surface area contributed by atoms with E-state index in [1.807, 2.05) is 0 Å². The van der Waals surface area contributed by atoms with Crippen LogP contribution in [-0.4, -0.2) is 24.4 Å². The van der Waals surface area contributed by atoms with E-state index in [1.165, 1.54) is 31.4 Å². The molecule has 1 heterocycles. The van der Waals surface area contributed by atoms with Crippen LogP contribution in [0.4, 0.5) is 24.7 Å². The zero-order chi connectivity index (χ0) is 20.1. The molecule has 0 bridgehead atoms. The number of aromatic nitrogens is 1. The number of esters is 1. The number of carbonyl (C=O) groups is 1. The lowest BCUT2D eigenvalue weighted by atomic mass is 10.1. The Morgan fingerprint density at radius 1 is 0.964 bits per heavy atom. The Morgan fingerprint density at radius 3 is 2.25 bits per heavy atom. The van der Waals surface area contributed by atoms with Crippen LogP contribution in [0.3, 0.4) is 0 Å². The van der Waals surface area contributed by atoms with Crippen molar-refractivity contribution < 1.29 is 27.4 Å². The van der Waals surface area contributed by atoms with Gasteiger partial charge in [0, 0.05) is 11.3 Å². The Balaban J connectivity index is 1.74. The summed E-state index contributed by atoms with van der Waals surface area (Å²) >= 11 is 0. The zero-order valence-corrected chi connectivity index (χ0v) is 14.7. The molecule has 0 atom stereocenters. The Bertz CT molecular complexity index is 956. The smallest absolute Gasteiger partial charge is 0.465 e. The summed E-state index contributed by atoms with van der Waals surface area (Å²) in [5.74, 6) is -0.181. The highest BCUT2D eigenvalue weighted by atomic mass is 19.4. The molecule has 0 aliphatic rings. The summed E-state index contributed by atoms with van der Waals surface area (Å²) in [6.07, 6.45) is -4.73. The van der Waals surface area contributed by atoms with E-state index in [2.05, 4.69) is 19.8 Å². The van der Waals surface area contributed by atoms with Crippen molar-refractivity contribution in [3.05, 3.63) is 72.3 Å². The van der Waals surface area contributed by atoms with Crippen molar-refractivity contribution in [1.82, 2.24) is 4.98 Å². The van der Waals surface area contributed by atoms with E-state index < -0.39 is 12.3 Å². The molecule has 5 nitrogen and oxygen atoms in total. The minimum absolute atomic E-state index is 0.295. The molecule has 2 aromatic carbocycles. The van der Waals surface area contributed by atoms with Crippen LogP contribution in [-0.2, 0) is 4.74 Å². The third-order valence-electron chi connectivity index (χ3n) is 3.71. The van der Waals surface area contributed by atoms with Gasteiger partial charge in [0.15, 0.2) is 0 Å². The number of carbonyl (C=O) groups excluding carboxylic acids is 1. The SMILES string of the molecule is COC(=O)c1ccc(Nc2cccc(-c3ccc(OC(F)(F)F)cc3)n2)cc1. The number of rotatable bonds is 5. The van der Waals surface area contributed by atoms with E-state index in [0.717, 1.165) is 0 Å². The van der Waals surface area contributed by atoms with Crippen LogP contribution in [0.15, 0.2) is 66.7 Å². The molecular weight excluding hydrogens is 373 g/mol. The maximum atomic E-state index is 12.2. The third-order valence-corrected chi connectivity index (χ3v) is 3.71. The molecule has 0 spiro atoms. The number of benzene rings is 2. The summed E-state index contributed by atoms with van der Waals surface area (Å²) in [4.78, 5) is 15.9. The molecule has 0 amide bonds. The summed E-state index contributed by atoms with van der Waals surface area (Å²) < 4.78 is 45.3. The number of methoxy groups -OCH3 is 1. The van der Waals surface area contributed by atoms with Gasteiger partial charge in [0.1, 0.15) is 11.6 Å². The highest BCUT2D eigenvalue weighted by molar-refractivity contribution is 5.89. The van der Waals surface area contributed by atoms with Gasteiger partial charge < -0.3 is 14.8 Å². The Kier molecular flexibility index (Phi) is 5.49. The molecule has 1 N–H and O–H groups in total. The molecular formula is C20H15F3N2O3. The first-order valence-corrected chi connectivity index (χ1v) is 8.13. The molecule has 0 aliphatic carbocycles. The van der Waals surface area contributed by atoms with Gasteiger partial charge in [-0.25, -0.2) is 9.78 Å². The predicted molar refractivity (Wildman–Crippen MR) is 97.4 cm³/mol. The topological polar surface area (TPSA) is 60.5 Å². The fraction of sp³-hybridized carbons (Fsp3) is 0.100. The molecule has 1 aromatic heterocycles. The second-order valence-electron chi connectivity index (χ2n) is 5.67. The van der Waals surface area contributed by atoms with Gasteiger partial charge in [0.2, 0.25) is 0 Å². The summed E-state index contributed by atoms with van der Waals surface area (Å²) in [6, 6.07) is 17.4. The number of pyridine rings is 1. The van der Waals surface area contributed by atoms with Crippen molar-refractivity contribution in [3.8, 4) is 17.0 Å². The van der Waals surface area contributed by atoms with Gasteiger partial charge in [-0.1, -0.05) is 6.07 Å². The van der Waals surface area contributed by atoms with E-state index in [0.29, 0.717) is 28.3 Å². The first-order valence-electron chi connectivity index (χ1n) is 8.13. The quantitative estimate of drug-likeness (QED) is 0.611. The standard InChI is InChI=1S/C20H15F3N2O3/c1-27-19(26)14-5-9-15(10-6-14)24-18-4-2-3-17(25-18)13-7-11-16(12-8-13)28-20(21,22)23/h2-12H,1H3,(H,24,25). The number of nitrogens with zero attached hydrogens (tertiary/aromatic N) is 1. The normalized spacial score (nSPS) is 11.0. The van der Waals surface area contributed by atoms with E-state index in [1.54, 1.807) is 42.5 Å². The number of nitrogens with one attached hydrogen (secondary N) is 1. The molecule has 144 valence electrons. The van der Waals surface area contributed by atoms with E-state index in [9.17, 15) is 18.0 Å². The van der Waals surface area contributed by atoms with Gasteiger partial charge in [-0.3, -0.25) is 0 Å². The Hall–Kier alpha value is -3.55. The van der Waals surface area contributed by atoms with Crippen LogP contribution in [0.25, 0.3) is 11.3 Å². The van der Waals surface area contributed by atoms with Gasteiger partial charge in [0.25, 0.3) is 0 Å². The summed E-state index contributed by atoms with van der Waals surface area (Å²) in [7, 11) is 1.31. The lowest BCUT2D eigenvalue weighted by Gasteiger charge is -2.10. The largest absolute Gasteiger partial charge is 0.573 e. The summed E-state index contributed by atoms with van der Waals surface area (Å²) in [5, 5.41) is 3.10. The highest BCUT2D eigenvalue weighted by Crippen LogP contribution is 2.26. The van der Waals surface area contributed by atoms with Crippen LogP contribution < -0.4 is 10.1 Å². The molecule has 0 fully saturated rings. The molecule has 0 radical (unpaired) electrons. The molecule has 0 saturated heterocycles. The predicted octanol–water partition coefficient (Wildman–Crippen LogP) is 5.18. The molecule has 3 aromatic rings. The Labute approximate surface area is 158 Å². The third kappa shape index (κ3) is 5.00. The van der Waals surface area contributed by atoms with E-state index in [-0.39, 0.29) is 5.75 Å². The van der Waals surface area contributed by atoms with Crippen molar-refractivity contribution in [2.45, 2.75) is 6.36 Å². The average molecular weight is 388 g/mol. The molecule has 3 rings (SSSR count). The second-order valence-corrected chi connectivity index (χ2v) is 5.67. The minimum Gasteiger partial charge on any atom is -0.465 e. The number of hydrogen-bond acceptors (Lipinski definition) is 5. The number of halogens is 3. The number of hydrogen-bond donors (Lipinski definition) is 1. The molecule has 0 unspecified atom stereocenters. The first-order chi connectivity index (χ1) is 13.3. The van der Waals surface area contributed by atoms with Crippen LogP contribution in [0.1, 0.15) is 10.4 Å². The number of anilines is 2. The van der Waals surface area contributed by atoms with Gasteiger partial charge in [0.05, 0.1) is 18.4 Å². The van der Waals surface area contributed by atoms with Crippen LogP contribution in [0.5, 0.6) is 5.75 Å². The zero-order valence-electron chi connectivity index (χ0n) is 14.7. The van der Waals surface area contributed by atoms with Crippen molar-refractivity contribution >= 4 is 17.5 Å². The van der Waals surface area contributed by atoms with Gasteiger partial charge in [-0.15, -0.1) is 13.2 Å². The highest BCUT2D eigenvalue weighted by Gasteiger charge is 2.30. The van der Waals surface area contributed by atoms with Crippen LogP contribution in [0, 0.1) is 0 Å². The van der Waals surface area contributed by atoms with Crippen molar-refractivity contribution in [2.24, 2.45) is 0 Å². The van der Waals surface area contributed by atoms with Gasteiger partial charge in [-0.05, 0) is 60.7 Å². The molecule has 0 aliphatic heterocycles. The van der Waals surface area contributed by atoms with Crippen molar-refractivity contribution in [3.63, 3.8) is 0 Å². The van der Waals surface area contributed by atoms with E-state index >= 15 is 0 Å². The fourth-order valence-corrected chi connectivity index (χ4v) is 2.45. The van der Waals surface area contributed by atoms with Gasteiger partial charge >= 0.3 is 12.3 Å².